The van der Waals surface area contributed by atoms with Crippen molar-refractivity contribution < 1.29 is 4.79 Å². The molecule has 0 aromatic heterocycles. The molecule has 3 heteroatoms. The number of carbonyl (C=O) groups is 1. The largest absolute Gasteiger partial charge is 0.293 e. The molecule has 0 N–H and O–H groups in total. The van der Waals surface area contributed by atoms with Crippen LogP contribution in [0.3, 0.4) is 0 Å². The number of hydrogen-bond donors (Lipinski definition) is 0. The number of hydrogen-bond acceptors (Lipinski definition) is 3. The lowest BCUT2D eigenvalue weighted by Gasteiger charge is -2.17. The molecule has 0 spiro atoms. The van der Waals surface area contributed by atoms with Crippen molar-refractivity contribution in [3.8, 4) is 0 Å². The van der Waals surface area contributed by atoms with Crippen LogP contribution in [-0.2, 0) is 0 Å². The molecule has 0 aliphatic carbocycles. The summed E-state index contributed by atoms with van der Waals surface area (Å²) in [5.41, 5.74) is 0.835. The van der Waals surface area contributed by atoms with Gasteiger partial charge in [0.05, 0.1) is 10.5 Å². The zero-order valence-electron chi connectivity index (χ0n) is 11.2. The first-order chi connectivity index (χ1) is 9.33. The van der Waals surface area contributed by atoms with Crippen molar-refractivity contribution in [1.82, 2.24) is 0 Å². The molecule has 1 aliphatic rings. The van der Waals surface area contributed by atoms with E-state index in [4.69, 9.17) is 0 Å². The molecule has 1 aliphatic heterocycles. The minimum atomic E-state index is 0.0199. The predicted octanol–water partition coefficient (Wildman–Crippen LogP) is 4.65. The van der Waals surface area contributed by atoms with Gasteiger partial charge in [0, 0.05) is 17.1 Å². The van der Waals surface area contributed by atoms with E-state index in [2.05, 4.69) is 19.1 Å². The summed E-state index contributed by atoms with van der Waals surface area (Å²) in [4.78, 5) is 12.6. The highest BCUT2D eigenvalue weighted by Crippen LogP contribution is 2.39. The maximum absolute atomic E-state index is 12.6. The molecule has 0 bridgehead atoms. The van der Waals surface area contributed by atoms with Crippen LogP contribution in [0, 0.1) is 5.92 Å². The third-order valence-electron chi connectivity index (χ3n) is 3.10. The Morgan fingerprint density at radius 1 is 1.32 bits per heavy atom. The van der Waals surface area contributed by atoms with Gasteiger partial charge in [-0.05, 0) is 6.42 Å². The summed E-state index contributed by atoms with van der Waals surface area (Å²) >= 11 is 3.84. The number of allylic oxidation sites excluding steroid dienone is 2. The fourth-order valence-electron chi connectivity index (χ4n) is 2.09. The normalized spacial score (nSPS) is 17.9. The van der Waals surface area contributed by atoms with E-state index in [1.165, 1.54) is 0 Å². The Balaban J connectivity index is 2.14. The van der Waals surface area contributed by atoms with Crippen molar-refractivity contribution >= 4 is 29.3 Å². The maximum atomic E-state index is 12.6. The van der Waals surface area contributed by atoms with Crippen LogP contribution in [0.2, 0.25) is 0 Å². The van der Waals surface area contributed by atoms with Crippen molar-refractivity contribution in [3.63, 3.8) is 0 Å². The monoisotopic (exact) mass is 292 g/mol. The lowest BCUT2D eigenvalue weighted by Crippen LogP contribution is -2.20. The Hall–Kier alpha value is -0.670. The third-order valence-corrected chi connectivity index (χ3v) is 6.30. The second kappa shape index (κ2) is 7.81. The fourth-order valence-corrected chi connectivity index (χ4v) is 5.13. The van der Waals surface area contributed by atoms with Crippen LogP contribution in [0.4, 0.5) is 0 Å². The molecule has 1 fully saturated rings. The summed E-state index contributed by atoms with van der Waals surface area (Å²) < 4.78 is 0.390. The highest BCUT2D eigenvalue weighted by molar-refractivity contribution is 8.20. The minimum Gasteiger partial charge on any atom is -0.293 e. The molecule has 19 heavy (non-hydrogen) atoms. The first-order valence-electron chi connectivity index (χ1n) is 6.82. The zero-order valence-corrected chi connectivity index (χ0v) is 12.9. The molecule has 0 amide bonds. The summed E-state index contributed by atoms with van der Waals surface area (Å²) in [6, 6.07) is 9.68. The van der Waals surface area contributed by atoms with Gasteiger partial charge in [0.25, 0.3) is 0 Å². The second-order valence-corrected chi connectivity index (χ2v) is 7.38. The topological polar surface area (TPSA) is 17.1 Å². The van der Waals surface area contributed by atoms with E-state index < -0.39 is 0 Å². The Morgan fingerprint density at radius 3 is 2.63 bits per heavy atom. The van der Waals surface area contributed by atoms with Crippen molar-refractivity contribution in [2.24, 2.45) is 5.92 Å². The summed E-state index contributed by atoms with van der Waals surface area (Å²) in [6.07, 6.45) is 6.49. The van der Waals surface area contributed by atoms with Crippen LogP contribution < -0.4 is 0 Å². The highest BCUT2D eigenvalue weighted by Gasteiger charge is 2.30. The molecule has 0 radical (unpaired) electrons. The van der Waals surface area contributed by atoms with Crippen LogP contribution in [0.25, 0.3) is 0 Å². The lowest BCUT2D eigenvalue weighted by molar-refractivity contribution is 0.0952. The quantitative estimate of drug-likeness (QED) is 0.561. The number of unbranched alkanes of at least 4 members (excludes halogenated alkanes) is 1. The summed E-state index contributed by atoms with van der Waals surface area (Å²) in [6.45, 7) is 2.16. The predicted molar refractivity (Wildman–Crippen MR) is 87.0 cm³/mol. The lowest BCUT2D eigenvalue weighted by atomic mass is 9.98. The van der Waals surface area contributed by atoms with Crippen LogP contribution in [0.1, 0.15) is 30.1 Å². The molecule has 1 atom stereocenters. The van der Waals surface area contributed by atoms with Crippen LogP contribution in [0.5, 0.6) is 0 Å². The standard InChI is InChI=1S/C16H20OS2/c1-2-3-5-10-14(16-18-11-12-19-16)15(17)13-8-6-4-7-9-13/h4-10,14,16H,2-3,11-12H2,1H3/b10-5+. The van der Waals surface area contributed by atoms with E-state index in [9.17, 15) is 4.79 Å². The molecular formula is C16H20OS2. The number of carbonyl (C=O) groups excluding carboxylic acids is 1. The Bertz CT molecular complexity index is 422. The van der Waals surface area contributed by atoms with Gasteiger partial charge in [-0.2, -0.15) is 0 Å². The van der Waals surface area contributed by atoms with Gasteiger partial charge in [0.2, 0.25) is 0 Å². The van der Waals surface area contributed by atoms with E-state index in [-0.39, 0.29) is 11.7 Å². The summed E-state index contributed by atoms with van der Waals surface area (Å²) in [7, 11) is 0. The zero-order chi connectivity index (χ0) is 13.5. The Labute approximate surface area is 124 Å². The maximum Gasteiger partial charge on any atom is 0.171 e. The minimum absolute atomic E-state index is 0.0199. The van der Waals surface area contributed by atoms with Crippen LogP contribution in [-0.4, -0.2) is 21.9 Å². The average molecular weight is 292 g/mol. The van der Waals surface area contributed by atoms with Gasteiger partial charge in [0.1, 0.15) is 0 Å². The number of thioether (sulfide) groups is 2. The smallest absolute Gasteiger partial charge is 0.171 e. The molecule has 1 nitrogen and oxygen atoms in total. The molecule has 1 saturated heterocycles. The third kappa shape index (κ3) is 4.15. The molecule has 1 unspecified atom stereocenters. The number of ketones is 1. The first-order valence-corrected chi connectivity index (χ1v) is 8.92. The number of Topliss-reactive ketones (excluding diaryl/α,β-unsaturated/α-hetero) is 1. The highest BCUT2D eigenvalue weighted by atomic mass is 32.2. The Kier molecular flexibility index (Phi) is 6.05. The van der Waals surface area contributed by atoms with Crippen molar-refractivity contribution in [2.75, 3.05) is 11.5 Å². The van der Waals surface area contributed by atoms with Gasteiger partial charge < -0.3 is 0 Å². The molecular weight excluding hydrogens is 272 g/mol. The van der Waals surface area contributed by atoms with Crippen LogP contribution in [0.15, 0.2) is 42.5 Å². The van der Waals surface area contributed by atoms with E-state index in [0.717, 1.165) is 29.9 Å². The second-order valence-electron chi connectivity index (χ2n) is 4.58. The van der Waals surface area contributed by atoms with Gasteiger partial charge in [-0.3, -0.25) is 4.79 Å². The van der Waals surface area contributed by atoms with Gasteiger partial charge >= 0.3 is 0 Å². The van der Waals surface area contributed by atoms with Crippen molar-refractivity contribution in [2.45, 2.75) is 24.3 Å². The molecule has 1 aromatic rings. The van der Waals surface area contributed by atoms with E-state index in [0.29, 0.717) is 4.58 Å². The van der Waals surface area contributed by atoms with E-state index >= 15 is 0 Å². The van der Waals surface area contributed by atoms with E-state index in [1.807, 2.05) is 53.9 Å². The number of benzene rings is 1. The van der Waals surface area contributed by atoms with Gasteiger partial charge in [-0.25, -0.2) is 0 Å². The molecule has 2 rings (SSSR count). The molecule has 1 heterocycles. The average Bonchev–Trinajstić information content (AvgIpc) is 2.98. The first kappa shape index (κ1) is 14.7. The molecule has 1 aromatic carbocycles. The summed E-state index contributed by atoms with van der Waals surface area (Å²) in [5.74, 6) is 2.61. The Morgan fingerprint density at radius 2 is 2.00 bits per heavy atom. The fraction of sp³-hybridized carbons (Fsp3) is 0.438. The van der Waals surface area contributed by atoms with Gasteiger partial charge in [-0.1, -0.05) is 55.8 Å². The number of rotatable bonds is 6. The van der Waals surface area contributed by atoms with Crippen molar-refractivity contribution in [3.05, 3.63) is 48.0 Å². The summed E-state index contributed by atoms with van der Waals surface area (Å²) in [5, 5.41) is 0. The molecule has 102 valence electrons. The van der Waals surface area contributed by atoms with E-state index in [1.54, 1.807) is 0 Å². The van der Waals surface area contributed by atoms with Crippen molar-refractivity contribution in [1.29, 1.82) is 0 Å². The van der Waals surface area contributed by atoms with Gasteiger partial charge in [0.15, 0.2) is 5.78 Å². The van der Waals surface area contributed by atoms with Crippen LogP contribution >= 0.6 is 23.5 Å². The SMILES string of the molecule is CCC/C=C/C(C(=O)c1ccccc1)C1SCCS1. The molecule has 0 saturated carbocycles. The van der Waals surface area contributed by atoms with Gasteiger partial charge in [-0.15, -0.1) is 23.5 Å².